The minimum Gasteiger partial charge on any atom is -0.378 e. The second-order valence-electron chi connectivity index (χ2n) is 3.62. The molecule has 0 aromatic heterocycles. The summed E-state index contributed by atoms with van der Waals surface area (Å²) in [7, 11) is 0. The van der Waals surface area contributed by atoms with Crippen LogP contribution in [-0.4, -0.2) is 55.2 Å². The summed E-state index contributed by atoms with van der Waals surface area (Å²) in [4.78, 5) is 4.29. The maximum atomic E-state index is 7.98. The molecule has 0 amide bonds. The summed E-state index contributed by atoms with van der Waals surface area (Å²) in [6, 6.07) is 0. The highest BCUT2D eigenvalue weighted by atomic mass is 16.5. The van der Waals surface area contributed by atoms with Crippen molar-refractivity contribution in [2.24, 2.45) is 0 Å². The van der Waals surface area contributed by atoms with Gasteiger partial charge in [-0.3, -0.25) is 5.41 Å². The topological polar surface area (TPSA) is 39.6 Å². The Hall–Kier alpha value is -0.770. The zero-order valence-electron chi connectivity index (χ0n) is 7.96. The fourth-order valence-electron chi connectivity index (χ4n) is 1.90. The van der Waals surface area contributed by atoms with Gasteiger partial charge in [-0.15, -0.1) is 0 Å². The lowest BCUT2D eigenvalue weighted by atomic mass is 10.4. The summed E-state index contributed by atoms with van der Waals surface area (Å²) < 4.78 is 5.26. The lowest BCUT2D eigenvalue weighted by Crippen LogP contribution is -2.47. The molecule has 2 aliphatic heterocycles. The molecule has 0 aliphatic carbocycles. The van der Waals surface area contributed by atoms with Gasteiger partial charge in [0.1, 0.15) is 0 Å². The van der Waals surface area contributed by atoms with Gasteiger partial charge in [-0.1, -0.05) is 0 Å². The molecule has 2 fully saturated rings. The molecule has 0 aromatic rings. The van der Waals surface area contributed by atoms with Crippen molar-refractivity contribution in [2.45, 2.75) is 12.8 Å². The SMILES string of the molecule is N=C(N1CCCC1)N1CCOCC1. The van der Waals surface area contributed by atoms with E-state index in [0.717, 1.165) is 39.4 Å². The van der Waals surface area contributed by atoms with E-state index in [9.17, 15) is 0 Å². The molecule has 2 rings (SSSR count). The highest BCUT2D eigenvalue weighted by Gasteiger charge is 2.21. The van der Waals surface area contributed by atoms with Crippen molar-refractivity contribution in [3.63, 3.8) is 0 Å². The van der Waals surface area contributed by atoms with Gasteiger partial charge in [0, 0.05) is 26.2 Å². The Bertz CT molecular complexity index is 183. The number of hydrogen-bond acceptors (Lipinski definition) is 2. The molecule has 2 saturated heterocycles. The summed E-state index contributed by atoms with van der Waals surface area (Å²) in [5.41, 5.74) is 0. The van der Waals surface area contributed by atoms with Crippen LogP contribution in [0.5, 0.6) is 0 Å². The van der Waals surface area contributed by atoms with Crippen LogP contribution in [-0.2, 0) is 4.74 Å². The normalized spacial score (nSPS) is 23.7. The van der Waals surface area contributed by atoms with Gasteiger partial charge in [0.05, 0.1) is 13.2 Å². The van der Waals surface area contributed by atoms with Crippen LogP contribution in [0.3, 0.4) is 0 Å². The molecule has 0 spiro atoms. The third-order valence-corrected chi connectivity index (χ3v) is 2.72. The van der Waals surface area contributed by atoms with Crippen LogP contribution in [0.2, 0.25) is 0 Å². The molecule has 0 saturated carbocycles. The molecule has 13 heavy (non-hydrogen) atoms. The zero-order chi connectivity index (χ0) is 9.10. The number of morpholine rings is 1. The van der Waals surface area contributed by atoms with Crippen LogP contribution in [0.15, 0.2) is 0 Å². The van der Waals surface area contributed by atoms with Gasteiger partial charge in [-0.25, -0.2) is 0 Å². The summed E-state index contributed by atoms with van der Waals surface area (Å²) in [6.45, 7) is 5.45. The van der Waals surface area contributed by atoms with Gasteiger partial charge in [0.15, 0.2) is 5.96 Å². The first kappa shape index (κ1) is 8.81. The molecule has 0 aromatic carbocycles. The van der Waals surface area contributed by atoms with Crippen LogP contribution in [0.4, 0.5) is 0 Å². The largest absolute Gasteiger partial charge is 0.378 e. The first-order chi connectivity index (χ1) is 6.38. The van der Waals surface area contributed by atoms with Crippen molar-refractivity contribution in [1.82, 2.24) is 9.80 Å². The third-order valence-electron chi connectivity index (χ3n) is 2.72. The van der Waals surface area contributed by atoms with Gasteiger partial charge < -0.3 is 14.5 Å². The van der Waals surface area contributed by atoms with E-state index < -0.39 is 0 Å². The van der Waals surface area contributed by atoms with Gasteiger partial charge in [0.2, 0.25) is 0 Å². The molecule has 0 unspecified atom stereocenters. The Morgan fingerprint density at radius 2 is 1.46 bits per heavy atom. The van der Waals surface area contributed by atoms with Gasteiger partial charge >= 0.3 is 0 Å². The molecule has 0 bridgehead atoms. The predicted molar refractivity (Wildman–Crippen MR) is 50.9 cm³/mol. The number of nitrogens with one attached hydrogen (secondary N) is 1. The van der Waals surface area contributed by atoms with E-state index >= 15 is 0 Å². The summed E-state index contributed by atoms with van der Waals surface area (Å²) in [5.74, 6) is 0.709. The van der Waals surface area contributed by atoms with Crippen LogP contribution in [0.25, 0.3) is 0 Å². The Kier molecular flexibility index (Phi) is 2.68. The third kappa shape index (κ3) is 1.94. The average Bonchev–Trinajstić information content (AvgIpc) is 2.71. The summed E-state index contributed by atoms with van der Waals surface area (Å²) in [5, 5.41) is 7.98. The minimum atomic E-state index is 0.709. The van der Waals surface area contributed by atoms with E-state index in [1.807, 2.05) is 0 Å². The molecular formula is C9H17N3O. The lowest BCUT2D eigenvalue weighted by molar-refractivity contribution is 0.0625. The molecule has 0 atom stereocenters. The predicted octanol–water partition coefficient (Wildman–Crippen LogP) is 0.349. The van der Waals surface area contributed by atoms with E-state index in [-0.39, 0.29) is 0 Å². The first-order valence-electron chi connectivity index (χ1n) is 5.04. The molecule has 4 heteroatoms. The highest BCUT2D eigenvalue weighted by Crippen LogP contribution is 2.10. The molecule has 2 aliphatic rings. The Morgan fingerprint density at radius 1 is 0.923 bits per heavy atom. The number of nitrogens with zero attached hydrogens (tertiary/aromatic N) is 2. The van der Waals surface area contributed by atoms with Crippen molar-refractivity contribution in [3.05, 3.63) is 0 Å². The van der Waals surface area contributed by atoms with Gasteiger partial charge in [-0.05, 0) is 12.8 Å². The maximum Gasteiger partial charge on any atom is 0.193 e. The summed E-state index contributed by atoms with van der Waals surface area (Å²) >= 11 is 0. The van der Waals surface area contributed by atoms with Crippen LogP contribution < -0.4 is 0 Å². The highest BCUT2D eigenvalue weighted by molar-refractivity contribution is 5.77. The second kappa shape index (κ2) is 3.96. The number of hydrogen-bond donors (Lipinski definition) is 1. The summed E-state index contributed by atoms with van der Waals surface area (Å²) in [6.07, 6.45) is 2.49. The number of guanidine groups is 1. The minimum absolute atomic E-state index is 0.709. The van der Waals surface area contributed by atoms with Crippen molar-refractivity contribution >= 4 is 5.96 Å². The smallest absolute Gasteiger partial charge is 0.193 e. The standard InChI is InChI=1S/C9H17N3O/c10-9(11-3-1-2-4-11)12-5-7-13-8-6-12/h10H,1-8H2. The number of likely N-dealkylation sites (tertiary alicyclic amines) is 1. The van der Waals surface area contributed by atoms with E-state index in [4.69, 9.17) is 10.1 Å². The monoisotopic (exact) mass is 183 g/mol. The van der Waals surface area contributed by atoms with Crippen LogP contribution in [0, 0.1) is 5.41 Å². The van der Waals surface area contributed by atoms with E-state index in [0.29, 0.717) is 5.96 Å². The van der Waals surface area contributed by atoms with Crippen LogP contribution >= 0.6 is 0 Å². The Labute approximate surface area is 79.0 Å². The van der Waals surface area contributed by atoms with Crippen molar-refractivity contribution in [1.29, 1.82) is 5.41 Å². The molecule has 1 N–H and O–H groups in total. The molecular weight excluding hydrogens is 166 g/mol. The van der Waals surface area contributed by atoms with Crippen molar-refractivity contribution in [3.8, 4) is 0 Å². The van der Waals surface area contributed by atoms with Crippen LogP contribution in [0.1, 0.15) is 12.8 Å². The lowest BCUT2D eigenvalue weighted by Gasteiger charge is -2.33. The number of rotatable bonds is 0. The van der Waals surface area contributed by atoms with Gasteiger partial charge in [-0.2, -0.15) is 0 Å². The Morgan fingerprint density at radius 3 is 2.08 bits per heavy atom. The molecule has 0 radical (unpaired) electrons. The fraction of sp³-hybridized carbons (Fsp3) is 0.889. The first-order valence-corrected chi connectivity index (χ1v) is 5.04. The molecule has 4 nitrogen and oxygen atoms in total. The van der Waals surface area contributed by atoms with Crippen molar-refractivity contribution < 1.29 is 4.74 Å². The van der Waals surface area contributed by atoms with E-state index in [2.05, 4.69) is 9.80 Å². The van der Waals surface area contributed by atoms with Gasteiger partial charge in [0.25, 0.3) is 0 Å². The second-order valence-corrected chi connectivity index (χ2v) is 3.62. The Balaban J connectivity index is 1.87. The quantitative estimate of drug-likeness (QED) is 0.435. The van der Waals surface area contributed by atoms with Crippen molar-refractivity contribution in [2.75, 3.05) is 39.4 Å². The average molecular weight is 183 g/mol. The zero-order valence-corrected chi connectivity index (χ0v) is 7.96. The number of ether oxygens (including phenoxy) is 1. The molecule has 2 heterocycles. The molecule has 74 valence electrons. The fourth-order valence-corrected chi connectivity index (χ4v) is 1.90. The maximum absolute atomic E-state index is 7.98. The van der Waals surface area contributed by atoms with E-state index in [1.165, 1.54) is 12.8 Å². The van der Waals surface area contributed by atoms with E-state index in [1.54, 1.807) is 0 Å².